The maximum Gasteiger partial charge on any atom is 0.132 e. The lowest BCUT2D eigenvalue weighted by Crippen LogP contribution is -2.37. The zero-order valence-electron chi connectivity index (χ0n) is 9.78. The van der Waals surface area contributed by atoms with Gasteiger partial charge in [0.25, 0.3) is 0 Å². The highest BCUT2D eigenvalue weighted by Crippen LogP contribution is 2.53. The molecule has 2 heteroatoms. The van der Waals surface area contributed by atoms with Gasteiger partial charge in [-0.05, 0) is 19.9 Å². The van der Waals surface area contributed by atoms with Crippen LogP contribution in [-0.2, 0) is 4.74 Å². The first-order valence-electron chi connectivity index (χ1n) is 5.62. The number of benzene rings is 1. The topological polar surface area (TPSA) is 21.8 Å². The molecule has 2 unspecified atom stereocenters. The number of rotatable bonds is 0. The summed E-state index contributed by atoms with van der Waals surface area (Å²) in [6.07, 6.45) is 0.530. The molecule has 0 saturated carbocycles. The third-order valence-corrected chi connectivity index (χ3v) is 2.78. The molecule has 0 aromatic heterocycles. The first-order valence-corrected chi connectivity index (χ1v) is 5.62. The number of ether oxygens (including phenoxy) is 2. The van der Waals surface area contributed by atoms with E-state index in [1.807, 2.05) is 32.0 Å². The minimum atomic E-state index is -0.168. The molecule has 1 aromatic carbocycles. The van der Waals surface area contributed by atoms with Crippen LogP contribution in [0, 0.1) is 0 Å². The van der Waals surface area contributed by atoms with Crippen molar-refractivity contribution in [1.82, 2.24) is 0 Å². The van der Waals surface area contributed by atoms with Crippen molar-refractivity contribution < 1.29 is 9.47 Å². The van der Waals surface area contributed by atoms with E-state index in [0.29, 0.717) is 0 Å². The van der Waals surface area contributed by atoms with Gasteiger partial charge in [-0.1, -0.05) is 32.0 Å². The average molecular weight is 206 g/mol. The highest BCUT2D eigenvalue weighted by molar-refractivity contribution is 5.41. The number of epoxide rings is 1. The van der Waals surface area contributed by atoms with Crippen LogP contribution >= 0.6 is 0 Å². The Labute approximate surface area is 91.2 Å². The summed E-state index contributed by atoms with van der Waals surface area (Å²) in [6.45, 7) is 8.15. The Morgan fingerprint density at radius 1 is 1.13 bits per heavy atom. The average Bonchev–Trinajstić information content (AvgIpc) is 3.01. The van der Waals surface area contributed by atoms with E-state index in [1.165, 1.54) is 5.56 Å². The van der Waals surface area contributed by atoms with Gasteiger partial charge >= 0.3 is 0 Å². The van der Waals surface area contributed by atoms with E-state index < -0.39 is 0 Å². The van der Waals surface area contributed by atoms with Crippen molar-refractivity contribution >= 4 is 0 Å². The Bertz CT molecular complexity index is 357. The molecule has 15 heavy (non-hydrogen) atoms. The summed E-state index contributed by atoms with van der Waals surface area (Å²) >= 11 is 0. The molecule has 0 radical (unpaired) electrons. The highest BCUT2D eigenvalue weighted by atomic mass is 16.6. The van der Waals surface area contributed by atoms with E-state index in [0.717, 1.165) is 5.75 Å². The van der Waals surface area contributed by atoms with E-state index in [9.17, 15) is 0 Å². The molecule has 1 aromatic rings. The van der Waals surface area contributed by atoms with Crippen LogP contribution in [0.5, 0.6) is 5.75 Å². The SMILES string of the molecule is CC.CC1(C)Oc2ccccc2C2OC21. The molecular formula is C13H18O2. The Balaban J connectivity index is 0.000000404. The van der Waals surface area contributed by atoms with Gasteiger partial charge in [-0.15, -0.1) is 0 Å². The van der Waals surface area contributed by atoms with E-state index in [1.54, 1.807) is 0 Å². The van der Waals surface area contributed by atoms with Crippen LogP contribution in [0.1, 0.15) is 39.4 Å². The highest BCUT2D eigenvalue weighted by Gasteiger charge is 2.56. The molecule has 2 nitrogen and oxygen atoms in total. The van der Waals surface area contributed by atoms with Crippen molar-refractivity contribution in [3.8, 4) is 5.75 Å². The normalized spacial score (nSPS) is 28.8. The minimum Gasteiger partial charge on any atom is -0.485 e. The predicted molar refractivity (Wildman–Crippen MR) is 60.1 cm³/mol. The molecule has 0 spiro atoms. The van der Waals surface area contributed by atoms with Crippen molar-refractivity contribution in [3.05, 3.63) is 29.8 Å². The number of hydrogen-bond donors (Lipinski definition) is 0. The number of para-hydroxylation sites is 1. The maximum atomic E-state index is 5.85. The number of fused-ring (bicyclic) bond motifs is 3. The van der Waals surface area contributed by atoms with Crippen LogP contribution in [-0.4, -0.2) is 11.7 Å². The van der Waals surface area contributed by atoms with Gasteiger partial charge in [0.15, 0.2) is 0 Å². The van der Waals surface area contributed by atoms with Gasteiger partial charge in [-0.3, -0.25) is 0 Å². The molecule has 0 amide bonds. The fourth-order valence-corrected chi connectivity index (χ4v) is 2.03. The van der Waals surface area contributed by atoms with Crippen LogP contribution in [0.4, 0.5) is 0 Å². The van der Waals surface area contributed by atoms with Crippen LogP contribution < -0.4 is 4.74 Å². The summed E-state index contributed by atoms with van der Waals surface area (Å²) in [5.74, 6) is 0.978. The van der Waals surface area contributed by atoms with Gasteiger partial charge in [0.05, 0.1) is 0 Å². The zero-order chi connectivity index (χ0) is 11.1. The summed E-state index contributed by atoms with van der Waals surface area (Å²) < 4.78 is 11.4. The summed E-state index contributed by atoms with van der Waals surface area (Å²) in [6, 6.07) is 8.11. The lowest BCUT2D eigenvalue weighted by Gasteiger charge is -2.29. The van der Waals surface area contributed by atoms with E-state index >= 15 is 0 Å². The molecule has 0 aliphatic carbocycles. The fourth-order valence-electron chi connectivity index (χ4n) is 2.03. The van der Waals surface area contributed by atoms with Crippen molar-refractivity contribution in [2.24, 2.45) is 0 Å². The summed E-state index contributed by atoms with van der Waals surface area (Å²) in [4.78, 5) is 0. The van der Waals surface area contributed by atoms with Crippen molar-refractivity contribution in [1.29, 1.82) is 0 Å². The Morgan fingerprint density at radius 3 is 2.53 bits per heavy atom. The van der Waals surface area contributed by atoms with Gasteiger partial charge in [0.2, 0.25) is 0 Å². The van der Waals surface area contributed by atoms with Crippen molar-refractivity contribution in [3.63, 3.8) is 0 Å². The third kappa shape index (κ3) is 1.63. The Kier molecular flexibility index (Phi) is 2.47. The van der Waals surface area contributed by atoms with Gasteiger partial charge in [-0.2, -0.15) is 0 Å². The molecule has 3 rings (SSSR count). The summed E-state index contributed by atoms with van der Waals surface area (Å²) in [5.41, 5.74) is 1.03. The van der Waals surface area contributed by atoms with Gasteiger partial charge in [-0.25, -0.2) is 0 Å². The smallest absolute Gasteiger partial charge is 0.132 e. The lowest BCUT2D eigenvalue weighted by atomic mass is 9.94. The van der Waals surface area contributed by atoms with Crippen molar-refractivity contribution in [2.45, 2.75) is 45.5 Å². The largest absolute Gasteiger partial charge is 0.485 e. The van der Waals surface area contributed by atoms with Crippen LogP contribution in [0.2, 0.25) is 0 Å². The second kappa shape index (κ2) is 3.53. The van der Waals surface area contributed by atoms with E-state index in [-0.39, 0.29) is 17.8 Å². The molecular weight excluding hydrogens is 188 g/mol. The summed E-state index contributed by atoms with van der Waals surface area (Å²) in [7, 11) is 0. The zero-order valence-corrected chi connectivity index (χ0v) is 9.78. The Hall–Kier alpha value is -1.02. The third-order valence-electron chi connectivity index (χ3n) is 2.78. The van der Waals surface area contributed by atoms with E-state index in [2.05, 4.69) is 19.9 Å². The molecule has 2 aliphatic heterocycles. The molecule has 82 valence electrons. The van der Waals surface area contributed by atoms with Crippen LogP contribution in [0.15, 0.2) is 24.3 Å². The molecule has 2 aliphatic rings. The van der Waals surface area contributed by atoms with E-state index in [4.69, 9.17) is 9.47 Å². The van der Waals surface area contributed by atoms with Crippen molar-refractivity contribution in [2.75, 3.05) is 0 Å². The molecule has 2 atom stereocenters. The molecule has 2 heterocycles. The molecule has 0 bridgehead atoms. The minimum absolute atomic E-state index is 0.168. The van der Waals surface area contributed by atoms with Crippen LogP contribution in [0.25, 0.3) is 0 Å². The standard InChI is InChI=1S/C11H12O2.C2H6/c1-11(2)10-9(12-10)7-5-3-4-6-8(7)13-11;1-2/h3-6,9-10H,1-2H3;1-2H3. The second-order valence-electron chi connectivity index (χ2n) is 4.22. The monoisotopic (exact) mass is 206 g/mol. The van der Waals surface area contributed by atoms with Gasteiger partial charge < -0.3 is 9.47 Å². The second-order valence-corrected chi connectivity index (χ2v) is 4.22. The molecule has 1 fully saturated rings. The lowest BCUT2D eigenvalue weighted by molar-refractivity contribution is 0.0725. The van der Waals surface area contributed by atoms with Gasteiger partial charge in [0, 0.05) is 5.56 Å². The molecule has 1 saturated heterocycles. The predicted octanol–water partition coefficient (Wildman–Crippen LogP) is 3.32. The maximum absolute atomic E-state index is 5.85. The molecule has 0 N–H and O–H groups in total. The fraction of sp³-hybridized carbons (Fsp3) is 0.538. The first kappa shape index (κ1) is 10.5. The first-order chi connectivity index (χ1) is 7.18. The Morgan fingerprint density at radius 2 is 1.80 bits per heavy atom. The quantitative estimate of drug-likeness (QED) is 0.607. The number of hydrogen-bond acceptors (Lipinski definition) is 2. The van der Waals surface area contributed by atoms with Gasteiger partial charge in [0.1, 0.15) is 23.6 Å². The van der Waals surface area contributed by atoms with Crippen LogP contribution in [0.3, 0.4) is 0 Å². The summed E-state index contributed by atoms with van der Waals surface area (Å²) in [5, 5.41) is 0.